The quantitative estimate of drug-likeness (QED) is 0.549. The number of amides is 1. The summed E-state index contributed by atoms with van der Waals surface area (Å²) < 4.78 is 0. The number of anilines is 1. The predicted octanol–water partition coefficient (Wildman–Crippen LogP) is 2.03. The summed E-state index contributed by atoms with van der Waals surface area (Å²) in [5, 5.41) is 17.4. The van der Waals surface area contributed by atoms with Crippen LogP contribution in [0.3, 0.4) is 0 Å². The third-order valence-electron chi connectivity index (χ3n) is 4.67. The van der Waals surface area contributed by atoms with E-state index in [2.05, 4.69) is 10.6 Å². The lowest BCUT2D eigenvalue weighted by Crippen LogP contribution is -2.39. The van der Waals surface area contributed by atoms with Gasteiger partial charge in [0.1, 0.15) is 5.69 Å². The SMILES string of the molecule is NCC1CCCC1NC(=O)c1ccc(NC2CC2)c([N+](=O)[O-])c1. The van der Waals surface area contributed by atoms with E-state index in [-0.39, 0.29) is 17.6 Å². The maximum Gasteiger partial charge on any atom is 0.293 e. The van der Waals surface area contributed by atoms with E-state index in [4.69, 9.17) is 5.73 Å². The number of nitro benzene ring substituents is 1. The molecule has 0 saturated heterocycles. The summed E-state index contributed by atoms with van der Waals surface area (Å²) in [6.07, 6.45) is 5.04. The summed E-state index contributed by atoms with van der Waals surface area (Å²) in [7, 11) is 0. The Bertz CT molecular complexity index is 615. The molecule has 2 saturated carbocycles. The zero-order valence-electron chi connectivity index (χ0n) is 13.0. The zero-order valence-corrected chi connectivity index (χ0v) is 13.0. The van der Waals surface area contributed by atoms with E-state index in [9.17, 15) is 14.9 Å². The maximum atomic E-state index is 12.4. The molecule has 124 valence electrons. The standard InChI is InChI=1S/C16H22N4O3/c17-9-11-2-1-3-13(11)19-16(21)10-4-7-14(18-12-5-6-12)15(8-10)20(22)23/h4,7-8,11-13,18H,1-3,5-6,9,17H2,(H,19,21). The minimum absolute atomic E-state index is 0.0497. The van der Waals surface area contributed by atoms with Crippen LogP contribution >= 0.6 is 0 Å². The molecule has 1 amide bonds. The highest BCUT2D eigenvalue weighted by atomic mass is 16.6. The van der Waals surface area contributed by atoms with E-state index in [0.717, 1.165) is 32.1 Å². The van der Waals surface area contributed by atoms with Crippen LogP contribution in [-0.2, 0) is 0 Å². The molecular weight excluding hydrogens is 296 g/mol. The Labute approximate surface area is 134 Å². The van der Waals surface area contributed by atoms with Crippen LogP contribution in [0.2, 0.25) is 0 Å². The first-order valence-corrected chi connectivity index (χ1v) is 8.14. The van der Waals surface area contributed by atoms with Gasteiger partial charge < -0.3 is 16.4 Å². The minimum Gasteiger partial charge on any atom is -0.377 e. The average Bonchev–Trinajstić information content (AvgIpc) is 3.24. The third kappa shape index (κ3) is 3.61. The van der Waals surface area contributed by atoms with Crippen molar-refractivity contribution in [3.05, 3.63) is 33.9 Å². The van der Waals surface area contributed by atoms with Gasteiger partial charge in [-0.25, -0.2) is 0 Å². The van der Waals surface area contributed by atoms with Crippen LogP contribution in [0.5, 0.6) is 0 Å². The topological polar surface area (TPSA) is 110 Å². The molecule has 2 aliphatic carbocycles. The maximum absolute atomic E-state index is 12.4. The first-order chi connectivity index (χ1) is 11.1. The van der Waals surface area contributed by atoms with Crippen molar-refractivity contribution < 1.29 is 9.72 Å². The number of nitrogens with one attached hydrogen (secondary N) is 2. The molecule has 1 aromatic carbocycles. The molecule has 23 heavy (non-hydrogen) atoms. The number of benzene rings is 1. The van der Waals surface area contributed by atoms with Gasteiger partial charge in [0.25, 0.3) is 11.6 Å². The summed E-state index contributed by atoms with van der Waals surface area (Å²) in [6, 6.07) is 5.00. The Morgan fingerprint density at radius 3 is 2.74 bits per heavy atom. The van der Waals surface area contributed by atoms with Crippen LogP contribution in [0.25, 0.3) is 0 Å². The van der Waals surface area contributed by atoms with E-state index < -0.39 is 4.92 Å². The fourth-order valence-corrected chi connectivity index (χ4v) is 3.15. The average molecular weight is 318 g/mol. The van der Waals surface area contributed by atoms with Crippen molar-refractivity contribution in [3.8, 4) is 0 Å². The summed E-state index contributed by atoms with van der Waals surface area (Å²) in [4.78, 5) is 23.2. The largest absolute Gasteiger partial charge is 0.377 e. The molecule has 0 radical (unpaired) electrons. The second-order valence-corrected chi connectivity index (χ2v) is 6.41. The van der Waals surface area contributed by atoms with Gasteiger partial charge in [0.05, 0.1) is 4.92 Å². The van der Waals surface area contributed by atoms with Crippen LogP contribution in [0.1, 0.15) is 42.5 Å². The second-order valence-electron chi connectivity index (χ2n) is 6.41. The molecule has 0 aromatic heterocycles. The van der Waals surface area contributed by atoms with E-state index in [1.165, 1.54) is 6.07 Å². The fraction of sp³-hybridized carbons (Fsp3) is 0.562. The van der Waals surface area contributed by atoms with E-state index >= 15 is 0 Å². The predicted molar refractivity (Wildman–Crippen MR) is 87.4 cm³/mol. The first-order valence-electron chi connectivity index (χ1n) is 8.14. The molecule has 7 heteroatoms. The first kappa shape index (κ1) is 15.7. The Balaban J connectivity index is 1.74. The lowest BCUT2D eigenvalue weighted by molar-refractivity contribution is -0.384. The Hall–Kier alpha value is -2.15. The van der Waals surface area contributed by atoms with Crippen LogP contribution < -0.4 is 16.4 Å². The Morgan fingerprint density at radius 1 is 1.30 bits per heavy atom. The van der Waals surface area contributed by atoms with Gasteiger partial charge in [-0.1, -0.05) is 6.42 Å². The minimum atomic E-state index is -0.445. The number of nitrogens with two attached hydrogens (primary N) is 1. The van der Waals surface area contributed by atoms with Gasteiger partial charge in [-0.3, -0.25) is 14.9 Å². The second kappa shape index (κ2) is 6.54. The van der Waals surface area contributed by atoms with Gasteiger partial charge >= 0.3 is 0 Å². The van der Waals surface area contributed by atoms with Crippen molar-refractivity contribution in [2.45, 2.75) is 44.2 Å². The normalized spacial score (nSPS) is 23.5. The number of nitro groups is 1. The molecule has 2 fully saturated rings. The van der Waals surface area contributed by atoms with Crippen LogP contribution in [0.15, 0.2) is 18.2 Å². The Morgan fingerprint density at radius 2 is 2.09 bits per heavy atom. The van der Waals surface area contributed by atoms with Crippen LogP contribution in [-0.4, -0.2) is 29.5 Å². The number of carbonyl (C=O) groups excluding carboxylic acids is 1. The molecule has 0 aliphatic heterocycles. The highest BCUT2D eigenvalue weighted by Gasteiger charge is 2.29. The third-order valence-corrected chi connectivity index (χ3v) is 4.67. The van der Waals surface area contributed by atoms with Crippen molar-refractivity contribution in [3.63, 3.8) is 0 Å². The van der Waals surface area contributed by atoms with Gasteiger partial charge in [0, 0.05) is 23.7 Å². The molecule has 4 N–H and O–H groups in total. The molecule has 7 nitrogen and oxygen atoms in total. The summed E-state index contributed by atoms with van der Waals surface area (Å²) in [5.41, 5.74) is 6.48. The number of carbonyl (C=O) groups is 1. The van der Waals surface area contributed by atoms with Gasteiger partial charge in [0.2, 0.25) is 0 Å². The van der Waals surface area contributed by atoms with Crippen molar-refractivity contribution in [2.75, 3.05) is 11.9 Å². The number of hydrogen-bond acceptors (Lipinski definition) is 5. The zero-order chi connectivity index (χ0) is 16.4. The van der Waals surface area contributed by atoms with E-state index in [0.29, 0.717) is 29.8 Å². The smallest absolute Gasteiger partial charge is 0.293 e. The highest BCUT2D eigenvalue weighted by molar-refractivity contribution is 5.96. The highest BCUT2D eigenvalue weighted by Crippen LogP contribution is 2.32. The lowest BCUT2D eigenvalue weighted by atomic mass is 10.0. The molecule has 1 aromatic rings. The Kier molecular flexibility index (Phi) is 4.47. The van der Waals surface area contributed by atoms with E-state index in [1.54, 1.807) is 12.1 Å². The summed E-state index contributed by atoms with van der Waals surface area (Å²) in [6.45, 7) is 0.551. The molecule has 0 bridgehead atoms. The van der Waals surface area contributed by atoms with E-state index in [1.807, 2.05) is 0 Å². The molecule has 2 aliphatic rings. The van der Waals surface area contributed by atoms with Gasteiger partial charge in [0.15, 0.2) is 0 Å². The van der Waals surface area contributed by atoms with Crippen molar-refractivity contribution in [1.82, 2.24) is 5.32 Å². The molecule has 0 heterocycles. The lowest BCUT2D eigenvalue weighted by Gasteiger charge is -2.19. The van der Waals surface area contributed by atoms with Crippen molar-refractivity contribution in [1.29, 1.82) is 0 Å². The summed E-state index contributed by atoms with van der Waals surface area (Å²) in [5.74, 6) is 0.0289. The monoisotopic (exact) mass is 318 g/mol. The number of hydrogen-bond donors (Lipinski definition) is 3. The number of nitrogens with zero attached hydrogens (tertiary/aromatic N) is 1. The van der Waals surface area contributed by atoms with Crippen LogP contribution in [0, 0.1) is 16.0 Å². The molecule has 0 spiro atoms. The van der Waals surface area contributed by atoms with Crippen LogP contribution in [0.4, 0.5) is 11.4 Å². The van der Waals surface area contributed by atoms with Gasteiger partial charge in [-0.15, -0.1) is 0 Å². The van der Waals surface area contributed by atoms with Gasteiger partial charge in [-0.05, 0) is 50.3 Å². The number of rotatable bonds is 6. The van der Waals surface area contributed by atoms with Crippen molar-refractivity contribution in [2.24, 2.45) is 11.7 Å². The summed E-state index contributed by atoms with van der Waals surface area (Å²) >= 11 is 0. The molecular formula is C16H22N4O3. The van der Waals surface area contributed by atoms with Gasteiger partial charge in [-0.2, -0.15) is 0 Å². The molecule has 3 rings (SSSR count). The fourth-order valence-electron chi connectivity index (χ4n) is 3.15. The van der Waals surface area contributed by atoms with Crippen molar-refractivity contribution >= 4 is 17.3 Å². The molecule has 2 unspecified atom stereocenters. The molecule has 2 atom stereocenters.